The molecule has 5 nitrogen and oxygen atoms in total. The van der Waals surface area contributed by atoms with Crippen molar-refractivity contribution in [1.82, 2.24) is 9.88 Å². The number of aliphatic hydroxyl groups is 1. The van der Waals surface area contributed by atoms with Crippen LogP contribution in [0.3, 0.4) is 0 Å². The van der Waals surface area contributed by atoms with Crippen molar-refractivity contribution < 1.29 is 15.0 Å². The first kappa shape index (κ1) is 17.4. The summed E-state index contributed by atoms with van der Waals surface area (Å²) in [6.45, 7) is 3.32. The van der Waals surface area contributed by atoms with Gasteiger partial charge in [0.05, 0.1) is 18.7 Å². The smallest absolute Gasteiger partial charge is 0.227 e. The Kier molecular flexibility index (Phi) is 5.34. The number of aryl methyl sites for hydroxylation is 1. The van der Waals surface area contributed by atoms with Crippen molar-refractivity contribution in [3.63, 3.8) is 0 Å². The zero-order valence-corrected chi connectivity index (χ0v) is 14.4. The molecule has 1 fully saturated rings. The molecule has 2 aromatic rings. The van der Waals surface area contributed by atoms with Crippen molar-refractivity contribution in [3.8, 4) is 5.75 Å². The lowest BCUT2D eigenvalue weighted by Crippen LogP contribution is -2.40. The molecule has 2 N–H and O–H groups in total. The minimum absolute atomic E-state index is 0.0382. The van der Waals surface area contributed by atoms with Crippen LogP contribution in [0.4, 0.5) is 0 Å². The Balaban J connectivity index is 1.56. The molecule has 3 rings (SSSR count). The second-order valence-electron chi connectivity index (χ2n) is 6.75. The van der Waals surface area contributed by atoms with E-state index in [9.17, 15) is 15.0 Å². The molecule has 0 bridgehead atoms. The summed E-state index contributed by atoms with van der Waals surface area (Å²) in [5.41, 5.74) is 2.80. The van der Waals surface area contributed by atoms with E-state index >= 15 is 0 Å². The number of hydrogen-bond acceptors (Lipinski definition) is 4. The van der Waals surface area contributed by atoms with Crippen LogP contribution in [-0.2, 0) is 11.2 Å². The van der Waals surface area contributed by atoms with Crippen molar-refractivity contribution in [1.29, 1.82) is 0 Å². The van der Waals surface area contributed by atoms with Crippen molar-refractivity contribution in [2.24, 2.45) is 5.92 Å². The molecule has 0 saturated carbocycles. The van der Waals surface area contributed by atoms with E-state index in [-0.39, 0.29) is 24.0 Å². The lowest BCUT2D eigenvalue weighted by atomic mass is 9.86. The van der Waals surface area contributed by atoms with E-state index in [1.54, 1.807) is 12.3 Å². The van der Waals surface area contributed by atoms with Gasteiger partial charge in [0.2, 0.25) is 5.91 Å². The lowest BCUT2D eigenvalue weighted by Gasteiger charge is -2.34. The van der Waals surface area contributed by atoms with Crippen LogP contribution >= 0.6 is 0 Å². The first-order valence-electron chi connectivity index (χ1n) is 8.69. The number of amides is 1. The monoisotopic (exact) mass is 340 g/mol. The van der Waals surface area contributed by atoms with Gasteiger partial charge in [0.15, 0.2) is 0 Å². The molecule has 25 heavy (non-hydrogen) atoms. The summed E-state index contributed by atoms with van der Waals surface area (Å²) in [6, 6.07) is 9.49. The maximum Gasteiger partial charge on any atom is 0.227 e. The summed E-state index contributed by atoms with van der Waals surface area (Å²) in [5.74, 6) is 0.286. The molecule has 1 aromatic carbocycles. The SMILES string of the molecule is Cc1ccccc1[C@@H](O)C1CCN(C(=O)Cc2cncc(O)c2)CC1. The van der Waals surface area contributed by atoms with Crippen LogP contribution in [0.1, 0.15) is 35.6 Å². The Morgan fingerprint density at radius 3 is 2.68 bits per heavy atom. The van der Waals surface area contributed by atoms with Crippen LogP contribution < -0.4 is 0 Å². The highest BCUT2D eigenvalue weighted by atomic mass is 16.3. The van der Waals surface area contributed by atoms with Gasteiger partial charge in [0.1, 0.15) is 5.75 Å². The van der Waals surface area contributed by atoms with E-state index in [0.717, 1.165) is 24.0 Å². The van der Waals surface area contributed by atoms with E-state index in [0.29, 0.717) is 18.7 Å². The number of pyridine rings is 1. The molecule has 0 spiro atoms. The molecule has 1 atom stereocenters. The molecular weight excluding hydrogens is 316 g/mol. The van der Waals surface area contributed by atoms with Crippen LogP contribution in [0.25, 0.3) is 0 Å². The fourth-order valence-corrected chi connectivity index (χ4v) is 3.49. The van der Waals surface area contributed by atoms with Gasteiger partial charge in [0.25, 0.3) is 0 Å². The summed E-state index contributed by atoms with van der Waals surface area (Å²) in [4.78, 5) is 18.2. The molecule has 0 radical (unpaired) electrons. The van der Waals surface area contributed by atoms with Gasteiger partial charge in [-0.05, 0) is 48.4 Å². The number of benzene rings is 1. The van der Waals surface area contributed by atoms with Crippen LogP contribution in [0, 0.1) is 12.8 Å². The topological polar surface area (TPSA) is 73.7 Å². The van der Waals surface area contributed by atoms with Gasteiger partial charge in [0, 0.05) is 19.3 Å². The number of rotatable bonds is 4. The van der Waals surface area contributed by atoms with Crippen LogP contribution in [0.15, 0.2) is 42.7 Å². The number of hydrogen-bond donors (Lipinski definition) is 2. The standard InChI is InChI=1S/C20H24N2O3/c1-14-4-2-3-5-18(14)20(25)16-6-8-22(9-7-16)19(24)11-15-10-17(23)13-21-12-15/h2-5,10,12-13,16,20,23,25H,6-9,11H2,1H3/t20-/m0/s1. The van der Waals surface area contributed by atoms with Crippen molar-refractivity contribution in [2.75, 3.05) is 13.1 Å². The number of nitrogens with zero attached hydrogens (tertiary/aromatic N) is 2. The summed E-state index contributed by atoms with van der Waals surface area (Å²) in [6.07, 6.45) is 4.30. The fourth-order valence-electron chi connectivity index (χ4n) is 3.49. The Hall–Kier alpha value is -2.40. The van der Waals surface area contributed by atoms with E-state index in [2.05, 4.69) is 4.98 Å². The molecule has 1 amide bonds. The Morgan fingerprint density at radius 2 is 2.00 bits per heavy atom. The highest BCUT2D eigenvalue weighted by molar-refractivity contribution is 5.78. The number of aromatic hydroxyl groups is 1. The number of likely N-dealkylation sites (tertiary alicyclic amines) is 1. The summed E-state index contributed by atoms with van der Waals surface area (Å²) >= 11 is 0. The molecule has 2 heterocycles. The number of carbonyl (C=O) groups excluding carboxylic acids is 1. The number of carbonyl (C=O) groups is 1. The molecule has 0 unspecified atom stereocenters. The fraction of sp³-hybridized carbons (Fsp3) is 0.400. The maximum absolute atomic E-state index is 12.4. The molecule has 1 aliphatic heterocycles. The number of aromatic nitrogens is 1. The Bertz CT molecular complexity index is 739. The molecule has 1 aliphatic rings. The largest absolute Gasteiger partial charge is 0.506 e. The van der Waals surface area contributed by atoms with Gasteiger partial charge in [-0.15, -0.1) is 0 Å². The van der Waals surface area contributed by atoms with Crippen LogP contribution in [-0.4, -0.2) is 39.1 Å². The van der Waals surface area contributed by atoms with Gasteiger partial charge in [-0.1, -0.05) is 24.3 Å². The van der Waals surface area contributed by atoms with Crippen molar-refractivity contribution >= 4 is 5.91 Å². The van der Waals surface area contributed by atoms with Gasteiger partial charge >= 0.3 is 0 Å². The number of piperidine rings is 1. The van der Waals surface area contributed by atoms with Gasteiger partial charge in [-0.25, -0.2) is 0 Å². The minimum Gasteiger partial charge on any atom is -0.506 e. The predicted molar refractivity (Wildman–Crippen MR) is 95.0 cm³/mol. The number of aliphatic hydroxyl groups excluding tert-OH is 1. The third-order valence-electron chi connectivity index (χ3n) is 4.98. The normalized spacial score (nSPS) is 16.6. The molecule has 0 aliphatic carbocycles. The first-order chi connectivity index (χ1) is 12.0. The van der Waals surface area contributed by atoms with Gasteiger partial charge < -0.3 is 15.1 Å². The first-order valence-corrected chi connectivity index (χ1v) is 8.69. The second-order valence-corrected chi connectivity index (χ2v) is 6.75. The molecular formula is C20H24N2O3. The van der Waals surface area contributed by atoms with E-state index in [1.807, 2.05) is 36.1 Å². The molecule has 1 aromatic heterocycles. The molecule has 1 saturated heterocycles. The highest BCUT2D eigenvalue weighted by Crippen LogP contribution is 2.32. The average molecular weight is 340 g/mol. The Morgan fingerprint density at radius 1 is 1.28 bits per heavy atom. The highest BCUT2D eigenvalue weighted by Gasteiger charge is 2.28. The third kappa shape index (κ3) is 4.17. The average Bonchev–Trinajstić information content (AvgIpc) is 2.62. The summed E-state index contributed by atoms with van der Waals surface area (Å²) in [7, 11) is 0. The molecule has 5 heteroatoms. The minimum atomic E-state index is -0.478. The predicted octanol–water partition coefficient (Wildman–Crippen LogP) is 2.61. The van der Waals surface area contributed by atoms with Gasteiger partial charge in [-0.2, -0.15) is 0 Å². The maximum atomic E-state index is 12.4. The zero-order chi connectivity index (χ0) is 17.8. The van der Waals surface area contributed by atoms with Crippen LogP contribution in [0.5, 0.6) is 5.75 Å². The van der Waals surface area contributed by atoms with Gasteiger partial charge in [-0.3, -0.25) is 9.78 Å². The van der Waals surface area contributed by atoms with Crippen molar-refractivity contribution in [2.45, 2.75) is 32.3 Å². The second kappa shape index (κ2) is 7.66. The van der Waals surface area contributed by atoms with E-state index in [1.165, 1.54) is 6.20 Å². The third-order valence-corrected chi connectivity index (χ3v) is 4.98. The van der Waals surface area contributed by atoms with E-state index < -0.39 is 6.10 Å². The van der Waals surface area contributed by atoms with E-state index in [4.69, 9.17) is 0 Å². The molecule has 132 valence electrons. The summed E-state index contributed by atoms with van der Waals surface area (Å²) in [5, 5.41) is 20.1. The van der Waals surface area contributed by atoms with Crippen molar-refractivity contribution in [3.05, 3.63) is 59.4 Å². The zero-order valence-electron chi connectivity index (χ0n) is 14.4. The Labute approximate surface area is 147 Å². The van der Waals surface area contributed by atoms with Crippen LogP contribution in [0.2, 0.25) is 0 Å². The summed E-state index contributed by atoms with van der Waals surface area (Å²) < 4.78 is 0. The lowest BCUT2D eigenvalue weighted by molar-refractivity contribution is -0.132. The quantitative estimate of drug-likeness (QED) is 0.897.